The molecule has 9 nitrogen and oxygen atoms in total. The number of hydrogen-bond acceptors (Lipinski definition) is 7. The summed E-state index contributed by atoms with van der Waals surface area (Å²) in [5.74, 6) is 1.05. The SMILES string of the molecule is COc1ccc(Cn2nc(C3(N)C=C(c4cnn(C)c4)N=C(N)N3)cc2C)cc1. The van der Waals surface area contributed by atoms with Gasteiger partial charge in [-0.05, 0) is 36.8 Å². The van der Waals surface area contributed by atoms with Gasteiger partial charge in [-0.15, -0.1) is 0 Å². The summed E-state index contributed by atoms with van der Waals surface area (Å²) in [6.07, 6.45) is 5.41. The summed E-state index contributed by atoms with van der Waals surface area (Å²) in [4.78, 5) is 4.36. The van der Waals surface area contributed by atoms with Gasteiger partial charge >= 0.3 is 0 Å². The highest BCUT2D eigenvalue weighted by molar-refractivity contribution is 5.88. The molecule has 0 spiro atoms. The molecule has 0 fully saturated rings. The van der Waals surface area contributed by atoms with Crippen LogP contribution in [-0.4, -0.2) is 32.6 Å². The minimum absolute atomic E-state index is 0.233. The summed E-state index contributed by atoms with van der Waals surface area (Å²) < 4.78 is 8.83. The molecule has 1 aliphatic rings. The van der Waals surface area contributed by atoms with E-state index in [-0.39, 0.29) is 5.96 Å². The minimum atomic E-state index is -1.08. The first-order chi connectivity index (χ1) is 13.9. The molecule has 1 atom stereocenters. The highest BCUT2D eigenvalue weighted by Crippen LogP contribution is 2.27. The fourth-order valence-corrected chi connectivity index (χ4v) is 3.27. The maximum Gasteiger partial charge on any atom is 0.195 e. The van der Waals surface area contributed by atoms with Gasteiger partial charge < -0.3 is 21.5 Å². The van der Waals surface area contributed by atoms with Crippen molar-refractivity contribution in [2.75, 3.05) is 7.11 Å². The third-order valence-electron chi connectivity index (χ3n) is 4.84. The van der Waals surface area contributed by atoms with Gasteiger partial charge in [0.1, 0.15) is 11.4 Å². The van der Waals surface area contributed by atoms with Crippen molar-refractivity contribution in [1.29, 1.82) is 0 Å². The Morgan fingerprint density at radius 1 is 1.24 bits per heavy atom. The third-order valence-corrected chi connectivity index (χ3v) is 4.84. The van der Waals surface area contributed by atoms with Gasteiger partial charge in [-0.3, -0.25) is 9.36 Å². The van der Waals surface area contributed by atoms with E-state index in [9.17, 15) is 0 Å². The molecule has 3 heterocycles. The first-order valence-corrected chi connectivity index (χ1v) is 9.17. The van der Waals surface area contributed by atoms with Crippen LogP contribution in [0.25, 0.3) is 5.70 Å². The quantitative estimate of drug-likeness (QED) is 0.597. The number of aryl methyl sites for hydroxylation is 2. The van der Waals surface area contributed by atoms with E-state index in [1.54, 1.807) is 18.0 Å². The maximum absolute atomic E-state index is 6.65. The average molecular weight is 392 g/mol. The Morgan fingerprint density at radius 2 is 2.00 bits per heavy atom. The van der Waals surface area contributed by atoms with Crippen LogP contribution in [0.2, 0.25) is 0 Å². The number of ether oxygens (including phenoxy) is 1. The summed E-state index contributed by atoms with van der Waals surface area (Å²) >= 11 is 0. The van der Waals surface area contributed by atoms with Crippen LogP contribution in [0.1, 0.15) is 22.5 Å². The molecule has 0 amide bonds. The minimum Gasteiger partial charge on any atom is -0.497 e. The van der Waals surface area contributed by atoms with Crippen molar-refractivity contribution in [2.24, 2.45) is 23.5 Å². The van der Waals surface area contributed by atoms with E-state index in [2.05, 4.69) is 15.4 Å². The number of nitrogens with zero attached hydrogens (tertiary/aromatic N) is 5. The van der Waals surface area contributed by atoms with Gasteiger partial charge in [0.15, 0.2) is 11.6 Å². The molecule has 29 heavy (non-hydrogen) atoms. The number of hydrogen-bond donors (Lipinski definition) is 3. The third kappa shape index (κ3) is 3.72. The summed E-state index contributed by atoms with van der Waals surface area (Å²) in [6, 6.07) is 9.85. The zero-order chi connectivity index (χ0) is 20.6. The van der Waals surface area contributed by atoms with E-state index < -0.39 is 5.66 Å². The fraction of sp³-hybridized carbons (Fsp3) is 0.250. The van der Waals surface area contributed by atoms with Crippen molar-refractivity contribution in [3.05, 3.63) is 71.3 Å². The number of aromatic nitrogens is 4. The molecule has 1 aliphatic heterocycles. The molecular weight excluding hydrogens is 368 g/mol. The molecule has 2 aromatic heterocycles. The second kappa shape index (κ2) is 7.10. The van der Waals surface area contributed by atoms with E-state index in [4.69, 9.17) is 21.3 Å². The largest absolute Gasteiger partial charge is 0.497 e. The normalized spacial score (nSPS) is 18.8. The smallest absolute Gasteiger partial charge is 0.195 e. The van der Waals surface area contributed by atoms with Crippen LogP contribution >= 0.6 is 0 Å². The van der Waals surface area contributed by atoms with Crippen molar-refractivity contribution in [3.63, 3.8) is 0 Å². The first-order valence-electron chi connectivity index (χ1n) is 9.17. The van der Waals surface area contributed by atoms with E-state index >= 15 is 0 Å². The molecule has 9 heteroatoms. The highest BCUT2D eigenvalue weighted by Gasteiger charge is 2.33. The summed E-state index contributed by atoms with van der Waals surface area (Å²) in [7, 11) is 3.50. The topological polar surface area (TPSA) is 121 Å². The van der Waals surface area contributed by atoms with Crippen molar-refractivity contribution in [2.45, 2.75) is 19.1 Å². The number of nitrogens with one attached hydrogen (secondary N) is 1. The van der Waals surface area contributed by atoms with Crippen molar-refractivity contribution < 1.29 is 4.74 Å². The number of benzene rings is 1. The van der Waals surface area contributed by atoms with E-state index in [1.165, 1.54) is 0 Å². The Labute approximate surface area is 168 Å². The maximum atomic E-state index is 6.65. The molecule has 0 aliphatic carbocycles. The molecule has 4 rings (SSSR count). The van der Waals surface area contributed by atoms with Crippen LogP contribution < -0.4 is 21.5 Å². The molecule has 0 saturated heterocycles. The van der Waals surface area contributed by atoms with Gasteiger partial charge in [0.05, 0.1) is 25.5 Å². The molecule has 0 radical (unpaired) electrons. The number of nitrogens with two attached hydrogens (primary N) is 2. The summed E-state index contributed by atoms with van der Waals surface area (Å²) in [6.45, 7) is 2.62. The molecule has 150 valence electrons. The van der Waals surface area contributed by atoms with Gasteiger partial charge in [0, 0.05) is 24.5 Å². The monoisotopic (exact) mass is 392 g/mol. The van der Waals surface area contributed by atoms with Crippen LogP contribution in [0.15, 0.2) is 53.8 Å². The molecule has 1 unspecified atom stereocenters. The lowest BCUT2D eigenvalue weighted by Crippen LogP contribution is -2.56. The van der Waals surface area contributed by atoms with Crippen LogP contribution in [0.5, 0.6) is 5.75 Å². The average Bonchev–Trinajstić information content (AvgIpc) is 3.28. The van der Waals surface area contributed by atoms with Crippen molar-refractivity contribution in [1.82, 2.24) is 24.9 Å². The fourth-order valence-electron chi connectivity index (χ4n) is 3.27. The summed E-state index contributed by atoms with van der Waals surface area (Å²) in [5, 5.41) is 12.0. The molecule has 0 bridgehead atoms. The van der Waals surface area contributed by atoms with E-state index in [0.29, 0.717) is 17.9 Å². The Bertz CT molecular complexity index is 1090. The van der Waals surface area contributed by atoms with Gasteiger partial charge in [-0.25, -0.2) is 4.99 Å². The molecule has 1 aromatic carbocycles. The van der Waals surface area contributed by atoms with Crippen molar-refractivity contribution in [3.8, 4) is 5.75 Å². The number of guanidine groups is 1. The zero-order valence-corrected chi connectivity index (χ0v) is 16.6. The predicted octanol–water partition coefficient (Wildman–Crippen LogP) is 1.05. The van der Waals surface area contributed by atoms with Crippen molar-refractivity contribution >= 4 is 11.7 Å². The van der Waals surface area contributed by atoms with Crippen LogP contribution in [0.3, 0.4) is 0 Å². The number of rotatable bonds is 5. The lowest BCUT2D eigenvalue weighted by Gasteiger charge is -2.29. The Morgan fingerprint density at radius 3 is 2.66 bits per heavy atom. The lowest BCUT2D eigenvalue weighted by atomic mass is 10.0. The first kappa shape index (κ1) is 18.8. The van der Waals surface area contributed by atoms with E-state index in [1.807, 2.05) is 61.3 Å². The Balaban J connectivity index is 1.64. The second-order valence-electron chi connectivity index (χ2n) is 7.10. The van der Waals surface area contributed by atoms with Crippen LogP contribution in [0.4, 0.5) is 0 Å². The Hall–Kier alpha value is -3.59. The number of methoxy groups -OCH3 is 1. The van der Waals surface area contributed by atoms with Gasteiger partial charge in [-0.2, -0.15) is 10.2 Å². The molecule has 0 saturated carbocycles. The molecule has 3 aromatic rings. The molecular formula is C20H24N8O. The van der Waals surface area contributed by atoms with E-state index in [0.717, 1.165) is 22.6 Å². The second-order valence-corrected chi connectivity index (χ2v) is 7.10. The lowest BCUT2D eigenvalue weighted by molar-refractivity contribution is 0.414. The van der Waals surface area contributed by atoms with Gasteiger partial charge in [0.25, 0.3) is 0 Å². The van der Waals surface area contributed by atoms with Crippen LogP contribution in [-0.2, 0) is 19.3 Å². The molecule has 5 N–H and O–H groups in total. The number of aliphatic imine (C=N–C) groups is 1. The summed E-state index contributed by atoms with van der Waals surface area (Å²) in [5.41, 5.74) is 15.8. The highest BCUT2D eigenvalue weighted by atomic mass is 16.5. The van der Waals surface area contributed by atoms with Gasteiger partial charge in [0.2, 0.25) is 0 Å². The zero-order valence-electron chi connectivity index (χ0n) is 16.6. The van der Waals surface area contributed by atoms with Crippen LogP contribution in [0, 0.1) is 6.92 Å². The predicted molar refractivity (Wildman–Crippen MR) is 111 cm³/mol. The standard InChI is InChI=1S/C20H24N8O/c1-13-8-18(26-28(13)11-14-4-6-16(29-3)7-5-14)20(22)9-17(24-19(21)25-20)15-10-23-27(2)12-15/h4-10,12H,11,22H2,1-3H3,(H3,21,24,25). The Kier molecular flexibility index (Phi) is 4.59. The van der Waals surface area contributed by atoms with Gasteiger partial charge in [-0.1, -0.05) is 12.1 Å².